The minimum atomic E-state index is -5.33. The van der Waals surface area contributed by atoms with Gasteiger partial charge in [0.05, 0.1) is 31.6 Å². The van der Waals surface area contributed by atoms with Gasteiger partial charge in [-0.1, -0.05) is 0 Å². The first kappa shape index (κ1) is 31.2. The van der Waals surface area contributed by atoms with Crippen LogP contribution in [0.4, 0.5) is 11.9 Å². The molecule has 3 fully saturated rings. The predicted octanol–water partition coefficient (Wildman–Crippen LogP) is -3.30. The number of aliphatic hydroxyl groups excluding tert-OH is 2. The molecule has 23 nitrogen and oxygen atoms in total. The Morgan fingerprint density at radius 1 is 0.870 bits per heavy atom. The van der Waals surface area contributed by atoms with Gasteiger partial charge in [-0.25, -0.2) is 15.0 Å². The zero-order valence-corrected chi connectivity index (χ0v) is 25.0. The van der Waals surface area contributed by atoms with Crippen molar-refractivity contribution in [3.8, 4) is 0 Å². The van der Waals surface area contributed by atoms with Crippen molar-refractivity contribution >= 4 is 49.9 Å². The van der Waals surface area contributed by atoms with Crippen LogP contribution in [0.2, 0.25) is 0 Å². The summed E-state index contributed by atoms with van der Waals surface area (Å²) in [5.41, 5.74) is 11.2. The first-order valence-corrected chi connectivity index (χ1v) is 16.3. The molecule has 3 aliphatic heterocycles. The number of nitrogens with two attached hydrogens (primary N) is 2. The van der Waals surface area contributed by atoms with Gasteiger partial charge >= 0.3 is 0 Å². The lowest BCUT2D eigenvalue weighted by atomic mass is 10.1. The van der Waals surface area contributed by atoms with E-state index in [0.29, 0.717) is 11.2 Å². The molecule has 4 unspecified atom stereocenters. The highest BCUT2D eigenvalue weighted by molar-refractivity contribution is 7.46. The van der Waals surface area contributed by atoms with Crippen LogP contribution in [0.1, 0.15) is 18.1 Å². The minimum absolute atomic E-state index is 0.111. The summed E-state index contributed by atoms with van der Waals surface area (Å²) >= 11 is 0. The zero-order chi connectivity index (χ0) is 32.7. The Hall–Kier alpha value is -3.44. The molecule has 0 bridgehead atoms. The molecule has 248 valence electrons. The summed E-state index contributed by atoms with van der Waals surface area (Å²) in [6, 6.07) is 0. The lowest BCUT2D eigenvalue weighted by Crippen LogP contribution is -2.41. The molecule has 3 aliphatic rings. The van der Waals surface area contributed by atoms with Crippen LogP contribution in [-0.4, -0.2) is 99.1 Å². The average molecular weight is 686 g/mol. The molecule has 3 saturated heterocycles. The second-order valence-corrected chi connectivity index (χ2v) is 13.2. The Balaban J connectivity index is 1.17. The summed E-state index contributed by atoms with van der Waals surface area (Å²) in [6.45, 7) is -0.215. The van der Waals surface area contributed by atoms with Crippen molar-refractivity contribution in [2.24, 2.45) is 0 Å². The molecule has 0 aliphatic carbocycles. The molecule has 4 aromatic heterocycles. The number of aromatic amines is 1. The van der Waals surface area contributed by atoms with Gasteiger partial charge in [-0.3, -0.25) is 28.0 Å². The van der Waals surface area contributed by atoms with E-state index in [9.17, 15) is 33.9 Å². The SMILES string of the molecule is Cc1nc(N)nc2c1ncn2[C@@H]1O[C@@H]2COP(=O)([O-])O[C@@H]3C(O)[C@H](n4cnc5c(=O)[nH]c(N)nc54)O[C@@H]3COP(=O)([O-])OC2[C@@H]1O. The highest BCUT2D eigenvalue weighted by Gasteiger charge is 2.51. The quantitative estimate of drug-likeness (QED) is 0.129. The lowest BCUT2D eigenvalue weighted by Gasteiger charge is -2.34. The van der Waals surface area contributed by atoms with Gasteiger partial charge in [0.25, 0.3) is 21.2 Å². The zero-order valence-electron chi connectivity index (χ0n) is 23.3. The van der Waals surface area contributed by atoms with Crippen molar-refractivity contribution in [1.82, 2.24) is 39.0 Å². The van der Waals surface area contributed by atoms with Crippen LogP contribution in [0.3, 0.4) is 0 Å². The van der Waals surface area contributed by atoms with E-state index in [0.717, 1.165) is 10.9 Å². The summed E-state index contributed by atoms with van der Waals surface area (Å²) in [5.74, 6) is -0.398. The number of aliphatic hydroxyl groups is 2. The molecule has 0 saturated carbocycles. The fourth-order valence-electron chi connectivity index (χ4n) is 5.51. The highest BCUT2D eigenvalue weighted by atomic mass is 31.2. The summed E-state index contributed by atoms with van der Waals surface area (Å²) in [6.07, 6.45) is -10.9. The van der Waals surface area contributed by atoms with Crippen LogP contribution in [0.25, 0.3) is 22.3 Å². The van der Waals surface area contributed by atoms with Crippen molar-refractivity contribution in [2.45, 2.75) is 56.0 Å². The van der Waals surface area contributed by atoms with Crippen LogP contribution in [0, 0.1) is 6.92 Å². The predicted molar refractivity (Wildman–Crippen MR) is 144 cm³/mol. The summed E-state index contributed by atoms with van der Waals surface area (Å²) in [7, 11) is -10.6. The van der Waals surface area contributed by atoms with E-state index in [1.807, 2.05) is 0 Å². The average Bonchev–Trinajstić information content (AvgIpc) is 3.72. The highest BCUT2D eigenvalue weighted by Crippen LogP contribution is 2.50. The number of aryl methyl sites for hydroxylation is 1. The number of hydrogen-bond acceptors (Lipinski definition) is 20. The standard InChI is InChI=1S/C21H26N10O13P2/c1-6-9-15(27-20(22)26-6)30(4-24-9)18-11(32)13-7(41-18)2-39-46(37,38)44-14-8(3-40-45(35,36)43-13)42-19(12(14)33)31-5-25-10-16(31)28-21(23)29-17(10)34/h4-5,7-8,11-14,18-19,32-33H,2-3H2,1H3,(H,35,36)(H,37,38)(H2,22,26,27)(H3,23,28,29,34)/p-2/t7-,8-,11+,12?,13?,14+,18-,19-/m1/s1. The van der Waals surface area contributed by atoms with E-state index in [1.165, 1.54) is 10.9 Å². The Labute approximate surface area is 255 Å². The number of fused-ring (bicyclic) bond motifs is 4. The minimum Gasteiger partial charge on any atom is -0.756 e. The molecular weight excluding hydrogens is 662 g/mol. The number of phosphoric ester groups is 2. The molecule has 0 radical (unpaired) electrons. The lowest BCUT2D eigenvalue weighted by molar-refractivity contribution is -0.244. The molecule has 25 heteroatoms. The maximum absolute atomic E-state index is 13.0. The Morgan fingerprint density at radius 3 is 1.91 bits per heavy atom. The van der Waals surface area contributed by atoms with Gasteiger partial charge in [0.1, 0.15) is 42.1 Å². The number of phosphoric acid groups is 2. The first-order valence-electron chi connectivity index (χ1n) is 13.4. The first-order chi connectivity index (χ1) is 21.7. The molecule has 0 amide bonds. The van der Waals surface area contributed by atoms with E-state index >= 15 is 0 Å². The molecule has 7 heterocycles. The van der Waals surface area contributed by atoms with Crippen LogP contribution < -0.4 is 26.8 Å². The molecule has 7 N–H and O–H groups in total. The van der Waals surface area contributed by atoms with Crippen LogP contribution >= 0.6 is 15.6 Å². The molecule has 0 spiro atoms. The fourth-order valence-corrected chi connectivity index (χ4v) is 7.41. The van der Waals surface area contributed by atoms with Crippen LogP contribution in [0.5, 0.6) is 0 Å². The molecule has 0 aromatic carbocycles. The van der Waals surface area contributed by atoms with E-state index < -0.39 is 83.5 Å². The smallest absolute Gasteiger partial charge is 0.280 e. The van der Waals surface area contributed by atoms with Gasteiger partial charge in [0.15, 0.2) is 29.3 Å². The molecule has 10 atom stereocenters. The number of anilines is 2. The Bertz CT molecular complexity index is 1990. The van der Waals surface area contributed by atoms with Gasteiger partial charge in [-0.2, -0.15) is 9.97 Å². The summed E-state index contributed by atoms with van der Waals surface area (Å²) in [5, 5.41) is 22.2. The largest absolute Gasteiger partial charge is 0.756 e. The van der Waals surface area contributed by atoms with Crippen LogP contribution in [0.15, 0.2) is 17.4 Å². The van der Waals surface area contributed by atoms with Crippen molar-refractivity contribution in [1.29, 1.82) is 0 Å². The van der Waals surface area contributed by atoms with Crippen molar-refractivity contribution in [3.63, 3.8) is 0 Å². The number of nitrogen functional groups attached to an aromatic ring is 2. The van der Waals surface area contributed by atoms with E-state index in [1.54, 1.807) is 6.92 Å². The van der Waals surface area contributed by atoms with Crippen molar-refractivity contribution < 1.29 is 56.7 Å². The number of rotatable bonds is 2. The van der Waals surface area contributed by atoms with Gasteiger partial charge in [-0.15, -0.1) is 0 Å². The van der Waals surface area contributed by atoms with Crippen molar-refractivity contribution in [3.05, 3.63) is 28.7 Å². The van der Waals surface area contributed by atoms with Gasteiger partial charge in [-0.05, 0) is 6.92 Å². The van der Waals surface area contributed by atoms with Crippen molar-refractivity contribution in [2.75, 3.05) is 24.7 Å². The molecule has 4 aromatic rings. The maximum atomic E-state index is 13.0. The number of H-pyrrole nitrogens is 1. The Morgan fingerprint density at radius 2 is 1.37 bits per heavy atom. The Kier molecular flexibility index (Phi) is 7.51. The number of nitrogens with zero attached hydrogens (tertiary/aromatic N) is 7. The summed E-state index contributed by atoms with van der Waals surface area (Å²) < 4.78 is 60.1. The van der Waals surface area contributed by atoms with E-state index in [2.05, 4.69) is 29.9 Å². The van der Waals surface area contributed by atoms with E-state index in [-0.39, 0.29) is 28.7 Å². The molecule has 7 rings (SSSR count). The fraction of sp³-hybridized carbons (Fsp3) is 0.524. The number of nitrogens with one attached hydrogen (secondary N) is 1. The molecular formula is C21H24N10O13P2-2. The van der Waals surface area contributed by atoms with Crippen LogP contribution in [-0.2, 0) is 36.7 Å². The number of hydrogen-bond donors (Lipinski definition) is 5. The maximum Gasteiger partial charge on any atom is 0.280 e. The monoisotopic (exact) mass is 686 g/mol. The third-order valence-corrected chi connectivity index (χ3v) is 9.46. The normalized spacial score (nSPS) is 37.2. The topological polar surface area (TPSA) is 335 Å². The van der Waals surface area contributed by atoms with Gasteiger partial charge < -0.3 is 59.0 Å². The second kappa shape index (κ2) is 11.1. The summed E-state index contributed by atoms with van der Waals surface area (Å²) in [4.78, 5) is 60.6. The third-order valence-electron chi connectivity index (χ3n) is 7.53. The van der Waals surface area contributed by atoms with E-state index in [4.69, 9.17) is 39.0 Å². The second-order valence-electron chi connectivity index (χ2n) is 10.5. The molecule has 46 heavy (non-hydrogen) atoms. The number of aromatic nitrogens is 8. The number of ether oxygens (including phenoxy) is 2. The van der Waals surface area contributed by atoms with Gasteiger partial charge in [0, 0.05) is 0 Å². The van der Waals surface area contributed by atoms with Gasteiger partial charge in [0.2, 0.25) is 11.9 Å². The third kappa shape index (κ3) is 5.39. The number of imidazole rings is 2.